The summed E-state index contributed by atoms with van der Waals surface area (Å²) >= 11 is 3.42. The molecule has 1 aromatic heterocycles. The zero-order valence-corrected chi connectivity index (χ0v) is 16.7. The number of aromatic nitrogens is 1. The Morgan fingerprint density at radius 3 is 2.48 bits per heavy atom. The van der Waals surface area contributed by atoms with Crippen molar-refractivity contribution in [1.82, 2.24) is 4.98 Å². The molecule has 1 heterocycles. The highest BCUT2D eigenvalue weighted by Gasteiger charge is 2.24. The van der Waals surface area contributed by atoms with Gasteiger partial charge in [0.1, 0.15) is 11.6 Å². The second kappa shape index (κ2) is 8.44. The molecule has 2 aromatic carbocycles. The fourth-order valence-electron chi connectivity index (χ4n) is 3.10. The number of hydrogen-bond acceptors (Lipinski definition) is 3. The highest BCUT2D eigenvalue weighted by atomic mass is 79.9. The van der Waals surface area contributed by atoms with Crippen LogP contribution < -0.4 is 4.74 Å². The van der Waals surface area contributed by atoms with E-state index in [1.165, 1.54) is 12.1 Å². The summed E-state index contributed by atoms with van der Waals surface area (Å²) < 4.78 is 19.6. The molecule has 0 amide bonds. The summed E-state index contributed by atoms with van der Waals surface area (Å²) in [5.74, 6) is -0.248. The summed E-state index contributed by atoms with van der Waals surface area (Å²) in [6.07, 6.45) is 1.88. The van der Waals surface area contributed by atoms with Crippen LogP contribution in [0.5, 0.6) is 5.88 Å². The summed E-state index contributed by atoms with van der Waals surface area (Å²) in [7, 11) is 1.55. The molecule has 3 aromatic rings. The van der Waals surface area contributed by atoms with Crippen LogP contribution in [0.2, 0.25) is 0 Å². The molecule has 0 aliphatic heterocycles. The van der Waals surface area contributed by atoms with E-state index in [4.69, 9.17) is 4.74 Å². The second-order valence-electron chi connectivity index (χ2n) is 6.34. The van der Waals surface area contributed by atoms with Gasteiger partial charge in [-0.2, -0.15) is 0 Å². The van der Waals surface area contributed by atoms with Crippen molar-refractivity contribution in [2.45, 2.75) is 19.3 Å². The molecule has 5 heteroatoms. The number of halogens is 2. The van der Waals surface area contributed by atoms with Gasteiger partial charge in [0.05, 0.1) is 13.0 Å². The predicted molar refractivity (Wildman–Crippen MR) is 107 cm³/mol. The van der Waals surface area contributed by atoms with E-state index in [0.29, 0.717) is 5.88 Å². The number of aryl methyl sites for hydroxylation is 1. The van der Waals surface area contributed by atoms with Gasteiger partial charge in [-0.25, -0.2) is 9.37 Å². The second-order valence-corrected chi connectivity index (χ2v) is 7.25. The largest absolute Gasteiger partial charge is 0.481 e. The van der Waals surface area contributed by atoms with Crippen molar-refractivity contribution in [3.8, 4) is 5.88 Å². The van der Waals surface area contributed by atoms with Crippen LogP contribution in [0.15, 0.2) is 65.3 Å². The molecule has 27 heavy (non-hydrogen) atoms. The number of carbonyl (C=O) groups is 1. The number of Topliss-reactive ketones (excluding diaryl/α,β-unsaturated/α-hetero) is 1. The third-order valence-corrected chi connectivity index (χ3v) is 4.98. The molecule has 0 radical (unpaired) electrons. The van der Waals surface area contributed by atoms with Crippen molar-refractivity contribution in [1.29, 1.82) is 0 Å². The van der Waals surface area contributed by atoms with Gasteiger partial charge < -0.3 is 4.74 Å². The number of pyridine rings is 1. The monoisotopic (exact) mass is 427 g/mol. The van der Waals surface area contributed by atoms with Crippen molar-refractivity contribution in [3.63, 3.8) is 0 Å². The van der Waals surface area contributed by atoms with Crippen LogP contribution in [0.25, 0.3) is 0 Å². The van der Waals surface area contributed by atoms with Crippen LogP contribution in [0.4, 0.5) is 4.39 Å². The highest BCUT2D eigenvalue weighted by molar-refractivity contribution is 9.10. The number of hydrogen-bond donors (Lipinski definition) is 0. The van der Waals surface area contributed by atoms with E-state index in [1.807, 2.05) is 37.3 Å². The lowest BCUT2D eigenvalue weighted by Gasteiger charge is -2.19. The minimum absolute atomic E-state index is 0.0268. The normalized spacial score (nSPS) is 11.9. The Morgan fingerprint density at radius 1 is 1.15 bits per heavy atom. The summed E-state index contributed by atoms with van der Waals surface area (Å²) in [5.41, 5.74) is 3.25. The maximum Gasteiger partial charge on any atom is 0.212 e. The molecule has 0 fully saturated rings. The maximum absolute atomic E-state index is 13.6. The summed E-state index contributed by atoms with van der Waals surface area (Å²) in [4.78, 5) is 17.4. The van der Waals surface area contributed by atoms with Crippen molar-refractivity contribution in [2.75, 3.05) is 7.11 Å². The van der Waals surface area contributed by atoms with E-state index in [9.17, 15) is 9.18 Å². The van der Waals surface area contributed by atoms with E-state index in [-0.39, 0.29) is 18.0 Å². The first-order chi connectivity index (χ1) is 13.0. The van der Waals surface area contributed by atoms with E-state index in [2.05, 4.69) is 20.9 Å². The molecule has 0 spiro atoms. The summed E-state index contributed by atoms with van der Waals surface area (Å²) in [6.45, 7) is 1.83. The Balaban J connectivity index is 1.97. The average Bonchev–Trinajstić information content (AvgIpc) is 2.66. The summed E-state index contributed by atoms with van der Waals surface area (Å²) in [6, 6.07) is 15.8. The Kier molecular flexibility index (Phi) is 6.01. The molecular formula is C22H19BrFNO2. The Hall–Kier alpha value is -2.53. The zero-order chi connectivity index (χ0) is 19.4. The first-order valence-corrected chi connectivity index (χ1v) is 9.30. The third kappa shape index (κ3) is 4.61. The molecule has 0 saturated heterocycles. The van der Waals surface area contributed by atoms with Crippen LogP contribution >= 0.6 is 15.9 Å². The Morgan fingerprint density at radius 2 is 1.89 bits per heavy atom. The number of methoxy groups -OCH3 is 1. The van der Waals surface area contributed by atoms with Crippen molar-refractivity contribution in [2.24, 2.45) is 0 Å². The highest BCUT2D eigenvalue weighted by Crippen LogP contribution is 2.31. The predicted octanol–water partition coefficient (Wildman–Crippen LogP) is 5.24. The average molecular weight is 428 g/mol. The molecule has 138 valence electrons. The zero-order valence-electron chi connectivity index (χ0n) is 15.1. The molecule has 0 bridgehead atoms. The molecule has 3 nitrogen and oxygen atoms in total. The lowest BCUT2D eigenvalue weighted by atomic mass is 9.83. The molecule has 0 aliphatic rings. The topological polar surface area (TPSA) is 39.2 Å². The van der Waals surface area contributed by atoms with Gasteiger partial charge in [0.15, 0.2) is 0 Å². The number of carbonyl (C=O) groups excluding carboxylic acids is 1. The van der Waals surface area contributed by atoms with Gasteiger partial charge in [-0.05, 0) is 53.4 Å². The number of benzene rings is 2. The quantitative estimate of drug-likeness (QED) is 0.539. The lowest BCUT2D eigenvalue weighted by molar-refractivity contribution is -0.119. The van der Waals surface area contributed by atoms with Crippen LogP contribution in [0.3, 0.4) is 0 Å². The lowest BCUT2D eigenvalue weighted by Crippen LogP contribution is -2.18. The van der Waals surface area contributed by atoms with Crippen LogP contribution in [0, 0.1) is 12.7 Å². The van der Waals surface area contributed by atoms with Gasteiger partial charge in [0.2, 0.25) is 5.88 Å². The van der Waals surface area contributed by atoms with Crippen LogP contribution in [-0.4, -0.2) is 17.9 Å². The SMILES string of the molecule is COc1ccc(CC(=O)C(c2ccc(Br)cc2)c2ccc(F)cc2C)cn1. The first kappa shape index (κ1) is 19.2. The molecule has 0 N–H and O–H groups in total. The van der Waals surface area contributed by atoms with Gasteiger partial charge >= 0.3 is 0 Å². The maximum atomic E-state index is 13.6. The van der Waals surface area contributed by atoms with Crippen molar-refractivity contribution < 1.29 is 13.9 Å². The fourth-order valence-corrected chi connectivity index (χ4v) is 3.36. The van der Waals surface area contributed by atoms with E-state index < -0.39 is 5.92 Å². The standard InChI is InChI=1S/C22H19BrFNO2/c1-14-11-18(24)8-9-19(14)22(16-4-6-17(23)7-5-16)20(26)12-15-3-10-21(27-2)25-13-15/h3-11,13,22H,12H2,1-2H3. The molecule has 0 saturated carbocycles. The van der Waals surface area contributed by atoms with Crippen molar-refractivity contribution in [3.05, 3.63) is 93.3 Å². The molecule has 1 unspecified atom stereocenters. The van der Waals surface area contributed by atoms with Crippen LogP contribution in [0.1, 0.15) is 28.2 Å². The number of ketones is 1. The first-order valence-electron chi connectivity index (χ1n) is 8.51. The van der Waals surface area contributed by atoms with Gasteiger partial charge in [0, 0.05) is 23.2 Å². The fraction of sp³-hybridized carbons (Fsp3) is 0.182. The van der Waals surface area contributed by atoms with E-state index in [1.54, 1.807) is 25.4 Å². The molecule has 1 atom stereocenters. The molecular weight excluding hydrogens is 409 g/mol. The molecule has 0 aliphatic carbocycles. The van der Waals surface area contributed by atoms with E-state index in [0.717, 1.165) is 26.7 Å². The van der Waals surface area contributed by atoms with E-state index >= 15 is 0 Å². The number of ether oxygens (including phenoxy) is 1. The van der Waals surface area contributed by atoms with Crippen LogP contribution in [-0.2, 0) is 11.2 Å². The Labute approximate surface area is 166 Å². The number of nitrogens with zero attached hydrogens (tertiary/aromatic N) is 1. The van der Waals surface area contributed by atoms with Gasteiger partial charge in [0.25, 0.3) is 0 Å². The summed E-state index contributed by atoms with van der Waals surface area (Å²) in [5, 5.41) is 0. The van der Waals surface area contributed by atoms with Gasteiger partial charge in [-0.15, -0.1) is 0 Å². The van der Waals surface area contributed by atoms with Gasteiger partial charge in [-0.1, -0.05) is 40.2 Å². The minimum atomic E-state index is -0.471. The Bertz CT molecular complexity index is 940. The minimum Gasteiger partial charge on any atom is -0.481 e. The number of rotatable bonds is 6. The van der Waals surface area contributed by atoms with Crippen molar-refractivity contribution >= 4 is 21.7 Å². The van der Waals surface area contributed by atoms with Gasteiger partial charge in [-0.3, -0.25) is 4.79 Å². The third-order valence-electron chi connectivity index (χ3n) is 4.45. The molecule has 3 rings (SSSR count). The smallest absolute Gasteiger partial charge is 0.212 e.